The van der Waals surface area contributed by atoms with Gasteiger partial charge in [0, 0.05) is 61.3 Å². The van der Waals surface area contributed by atoms with Crippen molar-refractivity contribution in [2.24, 2.45) is 0 Å². The molecule has 0 aliphatic carbocycles. The normalized spacial score (nSPS) is 18.0. The summed E-state index contributed by atoms with van der Waals surface area (Å²) in [5, 5.41) is 14.6. The molecular weight excluding hydrogens is 326 g/mol. The molecule has 1 aromatic rings. The van der Waals surface area contributed by atoms with Crippen LogP contribution in [-0.4, -0.2) is 46.9 Å². The molecule has 1 aromatic carbocycles. The lowest BCUT2D eigenvalue weighted by Gasteiger charge is -2.25. The van der Waals surface area contributed by atoms with Crippen molar-refractivity contribution in [1.82, 2.24) is 10.2 Å². The van der Waals surface area contributed by atoms with E-state index >= 15 is 0 Å². The first kappa shape index (κ1) is 17.1. The van der Waals surface area contributed by atoms with Crippen molar-refractivity contribution in [3.8, 4) is 0 Å². The van der Waals surface area contributed by atoms with Gasteiger partial charge in [0.25, 0.3) is 5.69 Å². The van der Waals surface area contributed by atoms with Gasteiger partial charge in [0.2, 0.25) is 5.91 Å². The van der Waals surface area contributed by atoms with Gasteiger partial charge in [0.05, 0.1) is 4.92 Å². The summed E-state index contributed by atoms with van der Waals surface area (Å²) in [6, 6.07) is 4.46. The molecule has 1 amide bonds. The largest absolute Gasteiger partial charge is 0.341 e. The van der Waals surface area contributed by atoms with Crippen LogP contribution in [0.2, 0.25) is 5.02 Å². The van der Waals surface area contributed by atoms with Crippen molar-refractivity contribution in [3.05, 3.63) is 38.9 Å². The lowest BCUT2D eigenvalue weighted by atomic mass is 10.1. The van der Waals surface area contributed by atoms with E-state index in [0.717, 1.165) is 18.1 Å². The number of nitrogens with zero attached hydrogens (tertiary/aromatic N) is 2. The quantitative estimate of drug-likeness (QED) is 0.656. The molecule has 1 aliphatic heterocycles. The molecule has 1 saturated heterocycles. The molecule has 0 spiro atoms. The maximum Gasteiger partial charge on any atom is 0.269 e. The van der Waals surface area contributed by atoms with Crippen LogP contribution < -0.4 is 5.32 Å². The molecule has 120 valence electrons. The van der Waals surface area contributed by atoms with Crippen molar-refractivity contribution >= 4 is 35.0 Å². The lowest BCUT2D eigenvalue weighted by molar-refractivity contribution is -0.384. The minimum Gasteiger partial charge on any atom is -0.341 e. The number of nitro benzene ring substituents is 1. The first-order valence-corrected chi connectivity index (χ1v) is 8.48. The molecule has 6 nitrogen and oxygen atoms in total. The molecule has 2 rings (SSSR count). The smallest absolute Gasteiger partial charge is 0.269 e. The van der Waals surface area contributed by atoms with Crippen molar-refractivity contribution in [1.29, 1.82) is 0 Å². The fourth-order valence-electron chi connectivity index (χ4n) is 2.26. The predicted octanol–water partition coefficient (Wildman–Crippen LogP) is 2.30. The summed E-state index contributed by atoms with van der Waals surface area (Å²) in [6.45, 7) is 1.18. The number of hydrogen-bond donors (Lipinski definition) is 1. The highest BCUT2D eigenvalue weighted by Crippen LogP contribution is 2.23. The third-order valence-corrected chi connectivity index (χ3v) is 4.99. The summed E-state index contributed by atoms with van der Waals surface area (Å²) >= 11 is 7.90. The minimum atomic E-state index is -0.467. The number of benzene rings is 1. The number of amides is 1. The van der Waals surface area contributed by atoms with Gasteiger partial charge in [0.1, 0.15) is 0 Å². The highest BCUT2D eigenvalue weighted by Gasteiger charge is 2.20. The molecule has 1 N–H and O–H groups in total. The Morgan fingerprint density at radius 2 is 2.36 bits per heavy atom. The van der Waals surface area contributed by atoms with E-state index in [1.165, 1.54) is 18.2 Å². The predicted molar refractivity (Wildman–Crippen MR) is 88.3 cm³/mol. The van der Waals surface area contributed by atoms with Gasteiger partial charge in [0.15, 0.2) is 0 Å². The zero-order valence-corrected chi connectivity index (χ0v) is 13.8. The second-order valence-corrected chi connectivity index (χ2v) is 6.77. The molecule has 0 bridgehead atoms. The van der Waals surface area contributed by atoms with Crippen LogP contribution in [-0.2, 0) is 11.3 Å². The van der Waals surface area contributed by atoms with Gasteiger partial charge in [-0.3, -0.25) is 14.9 Å². The maximum atomic E-state index is 12.2. The Balaban J connectivity index is 1.98. The highest BCUT2D eigenvalue weighted by atomic mass is 35.5. The lowest BCUT2D eigenvalue weighted by Crippen LogP contribution is -2.41. The second-order valence-electron chi connectivity index (χ2n) is 5.21. The van der Waals surface area contributed by atoms with Crippen molar-refractivity contribution < 1.29 is 9.72 Å². The summed E-state index contributed by atoms with van der Waals surface area (Å²) in [5.41, 5.74) is 0.559. The number of nitro groups is 1. The fraction of sp³-hybridized carbons (Fsp3) is 0.500. The highest BCUT2D eigenvalue weighted by molar-refractivity contribution is 7.99. The van der Waals surface area contributed by atoms with Crippen molar-refractivity contribution in [2.45, 2.75) is 19.0 Å². The molecular formula is C14H18ClN3O3S. The average molecular weight is 344 g/mol. The number of rotatable bonds is 5. The van der Waals surface area contributed by atoms with E-state index in [4.69, 9.17) is 11.6 Å². The third kappa shape index (κ3) is 4.59. The number of carbonyl (C=O) groups is 1. The van der Waals surface area contributed by atoms with Crippen LogP contribution in [0.3, 0.4) is 0 Å². The zero-order chi connectivity index (χ0) is 16.1. The Labute approximate surface area is 138 Å². The maximum absolute atomic E-state index is 12.2. The molecule has 1 fully saturated rings. The van der Waals surface area contributed by atoms with Crippen LogP contribution in [0.25, 0.3) is 0 Å². The summed E-state index contributed by atoms with van der Waals surface area (Å²) < 4.78 is 0. The van der Waals surface area contributed by atoms with Gasteiger partial charge >= 0.3 is 0 Å². The second kappa shape index (κ2) is 7.80. The Morgan fingerprint density at radius 1 is 1.59 bits per heavy atom. The van der Waals surface area contributed by atoms with Gasteiger partial charge in [-0.2, -0.15) is 11.8 Å². The fourth-order valence-corrected chi connectivity index (χ4v) is 3.38. The summed E-state index contributed by atoms with van der Waals surface area (Å²) in [6.07, 6.45) is 0.427. The number of thioether (sulfide) groups is 1. The van der Waals surface area contributed by atoms with Crippen molar-refractivity contribution in [3.63, 3.8) is 0 Å². The van der Waals surface area contributed by atoms with E-state index in [9.17, 15) is 14.9 Å². The monoisotopic (exact) mass is 343 g/mol. The SMILES string of the molecule is CN(Cc1cc([N+](=O)[O-])ccc1Cl)C(=O)CC1CSCCN1. The summed E-state index contributed by atoms with van der Waals surface area (Å²) in [7, 11) is 1.69. The standard InChI is InChI=1S/C14H18ClN3O3S/c1-17(14(19)7-11-9-22-5-4-16-11)8-10-6-12(18(20)21)2-3-13(10)15/h2-3,6,11,16H,4-5,7-9H2,1H3. The molecule has 22 heavy (non-hydrogen) atoms. The molecule has 1 aliphatic rings. The number of non-ortho nitro benzene ring substituents is 1. The number of hydrogen-bond acceptors (Lipinski definition) is 5. The first-order chi connectivity index (χ1) is 10.5. The van der Waals surface area contributed by atoms with E-state index in [1.54, 1.807) is 11.9 Å². The molecule has 1 unspecified atom stereocenters. The summed E-state index contributed by atoms with van der Waals surface area (Å²) in [4.78, 5) is 24.2. The molecule has 1 heterocycles. The van der Waals surface area contributed by atoms with Crippen LogP contribution >= 0.6 is 23.4 Å². The average Bonchev–Trinajstić information content (AvgIpc) is 2.50. The van der Waals surface area contributed by atoms with Gasteiger partial charge in [-0.1, -0.05) is 11.6 Å². The third-order valence-electron chi connectivity index (χ3n) is 3.49. The number of nitrogens with one attached hydrogen (secondary N) is 1. The van der Waals surface area contributed by atoms with Crippen LogP contribution in [0, 0.1) is 10.1 Å². The summed E-state index contributed by atoms with van der Waals surface area (Å²) in [5.74, 6) is 2.00. The number of halogens is 1. The van der Waals surface area contributed by atoms with Gasteiger partial charge in [-0.25, -0.2) is 0 Å². The molecule has 0 aromatic heterocycles. The van der Waals surface area contributed by atoms with Crippen LogP contribution in [0.5, 0.6) is 0 Å². The molecule has 1 atom stereocenters. The molecule has 0 saturated carbocycles. The van der Waals surface area contributed by atoms with E-state index in [0.29, 0.717) is 17.0 Å². The van der Waals surface area contributed by atoms with E-state index in [-0.39, 0.29) is 24.2 Å². The Morgan fingerprint density at radius 3 is 3.00 bits per heavy atom. The van der Waals surface area contributed by atoms with Crippen LogP contribution in [0.1, 0.15) is 12.0 Å². The van der Waals surface area contributed by atoms with Crippen LogP contribution in [0.15, 0.2) is 18.2 Å². The zero-order valence-electron chi connectivity index (χ0n) is 12.3. The van der Waals surface area contributed by atoms with Crippen LogP contribution in [0.4, 0.5) is 5.69 Å². The Kier molecular flexibility index (Phi) is 6.05. The van der Waals surface area contributed by atoms with Gasteiger partial charge in [-0.15, -0.1) is 0 Å². The molecule has 8 heteroatoms. The van der Waals surface area contributed by atoms with Gasteiger partial charge < -0.3 is 10.2 Å². The van der Waals surface area contributed by atoms with E-state index in [1.807, 2.05) is 11.8 Å². The first-order valence-electron chi connectivity index (χ1n) is 6.95. The number of carbonyl (C=O) groups excluding carboxylic acids is 1. The minimum absolute atomic E-state index is 0.00238. The topological polar surface area (TPSA) is 75.5 Å². The van der Waals surface area contributed by atoms with E-state index in [2.05, 4.69) is 5.32 Å². The van der Waals surface area contributed by atoms with E-state index < -0.39 is 4.92 Å². The van der Waals surface area contributed by atoms with Gasteiger partial charge in [-0.05, 0) is 11.6 Å². The Hall–Kier alpha value is -1.31. The molecule has 0 radical (unpaired) electrons. The van der Waals surface area contributed by atoms with Crippen molar-refractivity contribution in [2.75, 3.05) is 25.1 Å². The Bertz CT molecular complexity index is 564.